The van der Waals surface area contributed by atoms with Gasteiger partial charge in [0.1, 0.15) is 0 Å². The van der Waals surface area contributed by atoms with Gasteiger partial charge in [-0.3, -0.25) is 4.79 Å². The molecule has 0 saturated heterocycles. The van der Waals surface area contributed by atoms with Crippen LogP contribution in [0.5, 0.6) is 0 Å². The zero-order valence-corrected chi connectivity index (χ0v) is 17.3. The molecule has 0 aliphatic carbocycles. The molecule has 30 heavy (non-hydrogen) atoms. The fourth-order valence-corrected chi connectivity index (χ4v) is 2.53. The fourth-order valence-electron chi connectivity index (χ4n) is 2.53. The standard InChI is InChI=1S/C23H28N4O3/c1-3-16(2)26-21(28)13-8-17-4-6-18(7-5-17)14-15-30-22(29)19-9-11-20(12-10-19)27-23(24)25/h4-13,16H,3,14-15H2,1-2H3,(H,26,28)(H4,24,25,27). The number of esters is 1. The van der Waals surface area contributed by atoms with Crippen LogP contribution < -0.4 is 16.8 Å². The zero-order valence-electron chi connectivity index (χ0n) is 17.3. The van der Waals surface area contributed by atoms with Gasteiger partial charge in [0.2, 0.25) is 5.91 Å². The minimum atomic E-state index is -0.405. The predicted molar refractivity (Wildman–Crippen MR) is 119 cm³/mol. The lowest BCUT2D eigenvalue weighted by Crippen LogP contribution is -2.30. The number of amides is 1. The van der Waals surface area contributed by atoms with Crippen LogP contribution >= 0.6 is 0 Å². The second kappa shape index (κ2) is 11.4. The van der Waals surface area contributed by atoms with Crippen molar-refractivity contribution in [2.45, 2.75) is 32.7 Å². The van der Waals surface area contributed by atoms with Crippen molar-refractivity contribution in [2.24, 2.45) is 16.5 Å². The van der Waals surface area contributed by atoms with Crippen molar-refractivity contribution >= 4 is 29.6 Å². The maximum absolute atomic E-state index is 12.1. The van der Waals surface area contributed by atoms with Gasteiger partial charge in [-0.1, -0.05) is 31.2 Å². The number of nitrogens with one attached hydrogen (secondary N) is 1. The molecule has 0 aliphatic rings. The summed E-state index contributed by atoms with van der Waals surface area (Å²) in [4.78, 5) is 27.8. The van der Waals surface area contributed by atoms with Gasteiger partial charge in [0.15, 0.2) is 5.96 Å². The van der Waals surface area contributed by atoms with E-state index in [1.165, 1.54) is 6.08 Å². The molecule has 0 spiro atoms. The van der Waals surface area contributed by atoms with Crippen molar-refractivity contribution in [3.63, 3.8) is 0 Å². The Morgan fingerprint density at radius 2 is 1.77 bits per heavy atom. The summed E-state index contributed by atoms with van der Waals surface area (Å²) in [5.74, 6) is -0.550. The first-order valence-electron chi connectivity index (χ1n) is 9.81. The van der Waals surface area contributed by atoms with Gasteiger partial charge in [-0.25, -0.2) is 9.79 Å². The van der Waals surface area contributed by atoms with Gasteiger partial charge in [-0.15, -0.1) is 0 Å². The molecule has 1 unspecified atom stereocenters. The van der Waals surface area contributed by atoms with Crippen LogP contribution in [0.4, 0.5) is 5.69 Å². The topological polar surface area (TPSA) is 120 Å². The molecule has 2 rings (SSSR count). The van der Waals surface area contributed by atoms with E-state index < -0.39 is 5.97 Å². The Labute approximate surface area is 176 Å². The van der Waals surface area contributed by atoms with Gasteiger partial charge in [-0.2, -0.15) is 0 Å². The number of hydrogen-bond donors (Lipinski definition) is 3. The van der Waals surface area contributed by atoms with Crippen LogP contribution in [-0.4, -0.2) is 30.5 Å². The Bertz CT molecular complexity index is 899. The average Bonchev–Trinajstić information content (AvgIpc) is 2.73. The number of hydrogen-bond acceptors (Lipinski definition) is 4. The Hall–Kier alpha value is -3.61. The molecule has 7 nitrogen and oxygen atoms in total. The minimum Gasteiger partial charge on any atom is -0.462 e. The fraction of sp³-hybridized carbons (Fsp3) is 0.261. The summed E-state index contributed by atoms with van der Waals surface area (Å²) < 4.78 is 5.32. The first kappa shape index (κ1) is 22.7. The third-order valence-corrected chi connectivity index (χ3v) is 4.39. The molecule has 158 valence electrons. The molecule has 0 radical (unpaired) electrons. The smallest absolute Gasteiger partial charge is 0.338 e. The number of carbonyl (C=O) groups excluding carboxylic acids is 2. The summed E-state index contributed by atoms with van der Waals surface area (Å²) >= 11 is 0. The maximum Gasteiger partial charge on any atom is 0.338 e. The van der Waals surface area contributed by atoms with E-state index in [9.17, 15) is 9.59 Å². The molecule has 7 heteroatoms. The van der Waals surface area contributed by atoms with Crippen molar-refractivity contribution in [2.75, 3.05) is 6.61 Å². The molecule has 0 saturated carbocycles. The number of carbonyl (C=O) groups is 2. The molecular formula is C23H28N4O3. The highest BCUT2D eigenvalue weighted by molar-refractivity contribution is 5.92. The number of rotatable bonds is 9. The van der Waals surface area contributed by atoms with Crippen LogP contribution in [-0.2, 0) is 16.0 Å². The number of aliphatic imine (C=N–C) groups is 1. The van der Waals surface area contributed by atoms with Gasteiger partial charge >= 0.3 is 5.97 Å². The van der Waals surface area contributed by atoms with E-state index >= 15 is 0 Å². The summed E-state index contributed by atoms with van der Waals surface area (Å²) in [5, 5.41) is 2.88. The average molecular weight is 409 g/mol. The molecule has 1 atom stereocenters. The molecule has 2 aromatic rings. The van der Waals surface area contributed by atoms with Crippen molar-refractivity contribution in [3.05, 3.63) is 71.3 Å². The third-order valence-electron chi connectivity index (χ3n) is 4.39. The summed E-state index contributed by atoms with van der Waals surface area (Å²) in [6.07, 6.45) is 4.79. The third kappa shape index (κ3) is 7.79. The van der Waals surface area contributed by atoms with E-state index in [0.29, 0.717) is 17.7 Å². The molecule has 0 aliphatic heterocycles. The summed E-state index contributed by atoms with van der Waals surface area (Å²) in [6.45, 7) is 4.26. The highest BCUT2D eigenvalue weighted by Crippen LogP contribution is 2.14. The van der Waals surface area contributed by atoms with Crippen molar-refractivity contribution in [3.8, 4) is 0 Å². The predicted octanol–water partition coefficient (Wildman–Crippen LogP) is 2.92. The number of nitrogens with two attached hydrogens (primary N) is 2. The van der Waals surface area contributed by atoms with Crippen LogP contribution in [0.2, 0.25) is 0 Å². The quantitative estimate of drug-likeness (QED) is 0.255. The van der Waals surface area contributed by atoms with Gasteiger partial charge in [0.05, 0.1) is 17.9 Å². The minimum absolute atomic E-state index is 0.0406. The highest BCUT2D eigenvalue weighted by Gasteiger charge is 2.07. The Balaban J connectivity index is 1.80. The number of guanidine groups is 1. The van der Waals surface area contributed by atoms with Gasteiger partial charge < -0.3 is 21.5 Å². The number of benzene rings is 2. The molecular weight excluding hydrogens is 380 g/mol. The lowest BCUT2D eigenvalue weighted by molar-refractivity contribution is -0.117. The van der Waals surface area contributed by atoms with Crippen LogP contribution in [0.15, 0.2) is 59.6 Å². The molecule has 0 fully saturated rings. The van der Waals surface area contributed by atoms with E-state index in [2.05, 4.69) is 10.3 Å². The van der Waals surface area contributed by atoms with Crippen LogP contribution in [0.1, 0.15) is 41.8 Å². The maximum atomic E-state index is 12.1. The molecule has 2 aromatic carbocycles. The monoisotopic (exact) mass is 408 g/mol. The molecule has 0 aromatic heterocycles. The first-order valence-corrected chi connectivity index (χ1v) is 9.81. The second-order valence-electron chi connectivity index (χ2n) is 6.86. The van der Waals surface area contributed by atoms with Crippen molar-refractivity contribution < 1.29 is 14.3 Å². The van der Waals surface area contributed by atoms with Crippen molar-refractivity contribution in [1.82, 2.24) is 5.32 Å². The molecule has 5 N–H and O–H groups in total. The normalized spacial score (nSPS) is 11.7. The lowest BCUT2D eigenvalue weighted by Gasteiger charge is -2.08. The van der Waals surface area contributed by atoms with Gasteiger partial charge in [-0.05, 0) is 54.8 Å². The van der Waals surface area contributed by atoms with E-state index in [0.717, 1.165) is 17.5 Å². The van der Waals surface area contributed by atoms with Gasteiger partial charge in [0.25, 0.3) is 0 Å². The molecule has 0 bridgehead atoms. The second-order valence-corrected chi connectivity index (χ2v) is 6.86. The summed E-state index contributed by atoms with van der Waals surface area (Å²) in [5.41, 5.74) is 13.6. The van der Waals surface area contributed by atoms with Crippen LogP contribution in [0, 0.1) is 0 Å². The number of ether oxygens (including phenoxy) is 1. The molecule has 1 amide bonds. The highest BCUT2D eigenvalue weighted by atomic mass is 16.5. The summed E-state index contributed by atoms with van der Waals surface area (Å²) in [7, 11) is 0. The van der Waals surface area contributed by atoms with E-state index in [1.54, 1.807) is 30.3 Å². The van der Waals surface area contributed by atoms with E-state index in [1.807, 2.05) is 38.1 Å². The van der Waals surface area contributed by atoms with Crippen LogP contribution in [0.3, 0.4) is 0 Å². The lowest BCUT2D eigenvalue weighted by atomic mass is 10.1. The van der Waals surface area contributed by atoms with Crippen LogP contribution in [0.25, 0.3) is 6.08 Å². The van der Waals surface area contributed by atoms with Crippen molar-refractivity contribution in [1.29, 1.82) is 0 Å². The largest absolute Gasteiger partial charge is 0.462 e. The van der Waals surface area contributed by atoms with E-state index in [-0.39, 0.29) is 24.5 Å². The zero-order chi connectivity index (χ0) is 21.9. The summed E-state index contributed by atoms with van der Waals surface area (Å²) in [6, 6.07) is 14.4. The Morgan fingerprint density at radius 3 is 2.37 bits per heavy atom. The first-order chi connectivity index (χ1) is 14.4. The van der Waals surface area contributed by atoms with Gasteiger partial charge in [0, 0.05) is 18.5 Å². The Morgan fingerprint density at radius 1 is 1.10 bits per heavy atom. The Kier molecular flexibility index (Phi) is 8.62. The number of nitrogens with zero attached hydrogens (tertiary/aromatic N) is 1. The SMILES string of the molecule is CCC(C)NC(=O)C=Cc1ccc(CCOC(=O)c2ccc(N=C(N)N)cc2)cc1. The van der Waals surface area contributed by atoms with E-state index in [4.69, 9.17) is 16.2 Å². The molecule has 0 heterocycles.